The summed E-state index contributed by atoms with van der Waals surface area (Å²) in [5, 5.41) is 12.7. The molecule has 0 spiro atoms. The number of carbonyl (C=O) groups is 1. The van der Waals surface area contributed by atoms with Gasteiger partial charge in [0.25, 0.3) is 0 Å². The van der Waals surface area contributed by atoms with Crippen LogP contribution in [0, 0.1) is 6.92 Å². The average Bonchev–Trinajstić information content (AvgIpc) is 3.26. The van der Waals surface area contributed by atoms with E-state index in [1.165, 1.54) is 18.4 Å². The van der Waals surface area contributed by atoms with Crippen LogP contribution < -0.4 is 10.6 Å². The first kappa shape index (κ1) is 22.6. The predicted molar refractivity (Wildman–Crippen MR) is 127 cm³/mol. The molecule has 0 saturated carbocycles. The van der Waals surface area contributed by atoms with Crippen molar-refractivity contribution in [3.63, 3.8) is 0 Å². The zero-order valence-corrected chi connectivity index (χ0v) is 19.7. The predicted octanol–water partition coefficient (Wildman–Crippen LogP) is 5.77. The molecule has 3 rings (SSSR count). The van der Waals surface area contributed by atoms with E-state index < -0.39 is 0 Å². The Morgan fingerprint density at radius 3 is 2.77 bits per heavy atom. The molecule has 6 nitrogen and oxygen atoms in total. The van der Waals surface area contributed by atoms with Gasteiger partial charge in [0.15, 0.2) is 5.11 Å². The molecule has 0 aliphatic carbocycles. The Bertz CT molecular complexity index is 1090. The molecule has 0 saturated heterocycles. The van der Waals surface area contributed by atoms with Gasteiger partial charge in [-0.15, -0.1) is 11.3 Å². The smallest absolute Gasteiger partial charge is 0.341 e. The van der Waals surface area contributed by atoms with Crippen molar-refractivity contribution in [1.82, 2.24) is 9.78 Å². The molecule has 30 heavy (non-hydrogen) atoms. The van der Waals surface area contributed by atoms with Crippen LogP contribution in [0.1, 0.15) is 33.3 Å². The van der Waals surface area contributed by atoms with Crippen molar-refractivity contribution in [3.8, 4) is 0 Å². The third-order valence-corrected chi connectivity index (χ3v) is 6.27. The molecule has 0 amide bonds. The van der Waals surface area contributed by atoms with Gasteiger partial charge in [-0.3, -0.25) is 4.68 Å². The number of hydrogen-bond acceptors (Lipinski definition) is 5. The highest BCUT2D eigenvalue weighted by atomic mass is 35.5. The average molecular weight is 483 g/mol. The monoisotopic (exact) mass is 482 g/mol. The van der Waals surface area contributed by atoms with Crippen molar-refractivity contribution < 1.29 is 9.53 Å². The molecule has 1 aromatic carbocycles. The molecule has 0 fully saturated rings. The summed E-state index contributed by atoms with van der Waals surface area (Å²) in [5.74, 6) is -0.380. The quantitative estimate of drug-likeness (QED) is 0.343. The summed E-state index contributed by atoms with van der Waals surface area (Å²) in [6.07, 6.45) is 4.21. The van der Waals surface area contributed by atoms with Crippen molar-refractivity contribution in [2.45, 2.75) is 26.8 Å². The van der Waals surface area contributed by atoms with Crippen LogP contribution in [-0.2, 0) is 17.7 Å². The molecule has 0 radical (unpaired) electrons. The number of aromatic nitrogens is 2. The molecule has 3 aromatic rings. The molecule has 2 N–H and O–H groups in total. The van der Waals surface area contributed by atoms with Crippen molar-refractivity contribution >= 4 is 68.5 Å². The molecule has 0 aliphatic heterocycles. The number of anilines is 2. The zero-order chi connectivity index (χ0) is 21.8. The van der Waals surface area contributed by atoms with Crippen LogP contribution in [0.4, 0.5) is 10.7 Å². The standard InChI is InChI=1S/C20H20Cl2N4O2S2/c1-4-15-11(2)30-18(17(15)19(27)28-3)25-20(29)24-14-8-23-26(10-14)9-12-5-6-13(21)7-16(12)22/h5-8,10H,4,9H2,1-3H3,(H2,24,25,29). The number of nitrogens with one attached hydrogen (secondary N) is 2. The van der Waals surface area contributed by atoms with Gasteiger partial charge in [0.2, 0.25) is 0 Å². The van der Waals surface area contributed by atoms with E-state index in [4.69, 9.17) is 40.2 Å². The van der Waals surface area contributed by atoms with Crippen LogP contribution in [0.15, 0.2) is 30.6 Å². The summed E-state index contributed by atoms with van der Waals surface area (Å²) in [5.41, 5.74) is 3.10. The van der Waals surface area contributed by atoms with Crippen molar-refractivity contribution in [1.29, 1.82) is 0 Å². The van der Waals surface area contributed by atoms with E-state index in [1.54, 1.807) is 23.0 Å². The maximum atomic E-state index is 12.2. The minimum absolute atomic E-state index is 0.355. The number of benzene rings is 1. The van der Waals surface area contributed by atoms with E-state index in [2.05, 4.69) is 15.7 Å². The number of thiocarbonyl (C=S) groups is 1. The SMILES string of the molecule is CCc1c(C)sc(NC(=S)Nc2cnn(Cc3ccc(Cl)cc3Cl)c2)c1C(=O)OC. The Labute approximate surface area is 194 Å². The number of rotatable bonds is 6. The molecule has 2 aromatic heterocycles. The largest absolute Gasteiger partial charge is 0.465 e. The number of methoxy groups -OCH3 is 1. The van der Waals surface area contributed by atoms with Crippen LogP contribution in [0.2, 0.25) is 10.0 Å². The van der Waals surface area contributed by atoms with Crippen LogP contribution in [0.3, 0.4) is 0 Å². The van der Waals surface area contributed by atoms with Gasteiger partial charge in [-0.05, 0) is 48.8 Å². The highest BCUT2D eigenvalue weighted by Crippen LogP contribution is 2.34. The summed E-state index contributed by atoms with van der Waals surface area (Å²) in [6.45, 7) is 4.47. The molecular formula is C20H20Cl2N4O2S2. The molecule has 0 aliphatic rings. The Hall–Kier alpha value is -2.13. The van der Waals surface area contributed by atoms with E-state index in [0.29, 0.717) is 38.0 Å². The first-order valence-electron chi connectivity index (χ1n) is 9.07. The van der Waals surface area contributed by atoms with E-state index in [9.17, 15) is 4.79 Å². The van der Waals surface area contributed by atoms with Crippen LogP contribution >= 0.6 is 46.8 Å². The molecule has 158 valence electrons. The normalized spacial score (nSPS) is 10.7. The van der Waals surface area contributed by atoms with Gasteiger partial charge in [-0.1, -0.05) is 36.2 Å². The van der Waals surface area contributed by atoms with Gasteiger partial charge < -0.3 is 15.4 Å². The number of thiophene rings is 1. The lowest BCUT2D eigenvalue weighted by molar-refractivity contribution is 0.0601. The molecule has 10 heteroatoms. The topological polar surface area (TPSA) is 68.2 Å². The van der Waals surface area contributed by atoms with E-state index >= 15 is 0 Å². The molecule has 0 bridgehead atoms. The molecule has 0 unspecified atom stereocenters. The summed E-state index contributed by atoms with van der Waals surface area (Å²) in [4.78, 5) is 13.3. The highest BCUT2D eigenvalue weighted by molar-refractivity contribution is 7.80. The fourth-order valence-electron chi connectivity index (χ4n) is 3.01. The van der Waals surface area contributed by atoms with Gasteiger partial charge >= 0.3 is 5.97 Å². The van der Waals surface area contributed by atoms with Gasteiger partial charge in [0, 0.05) is 21.1 Å². The second-order valence-corrected chi connectivity index (χ2v) is 8.90. The highest BCUT2D eigenvalue weighted by Gasteiger charge is 2.22. The number of carbonyl (C=O) groups excluding carboxylic acids is 1. The van der Waals surface area contributed by atoms with Crippen LogP contribution in [0.5, 0.6) is 0 Å². The van der Waals surface area contributed by atoms with Gasteiger partial charge in [-0.25, -0.2) is 4.79 Å². The lowest BCUT2D eigenvalue weighted by atomic mass is 10.1. The Morgan fingerprint density at radius 2 is 2.10 bits per heavy atom. The zero-order valence-electron chi connectivity index (χ0n) is 16.6. The fourth-order valence-corrected chi connectivity index (χ4v) is 4.91. The summed E-state index contributed by atoms with van der Waals surface area (Å²) in [6, 6.07) is 5.36. The lowest BCUT2D eigenvalue weighted by Gasteiger charge is -2.09. The van der Waals surface area contributed by atoms with E-state index in [1.807, 2.05) is 26.1 Å². The summed E-state index contributed by atoms with van der Waals surface area (Å²) >= 11 is 19.1. The molecular weight excluding hydrogens is 463 g/mol. The van der Waals surface area contributed by atoms with Gasteiger partial charge in [0.1, 0.15) is 5.00 Å². The van der Waals surface area contributed by atoms with Gasteiger partial charge in [0.05, 0.1) is 31.1 Å². The third-order valence-electron chi connectivity index (χ3n) is 4.42. The minimum atomic E-state index is -0.380. The molecule has 0 atom stereocenters. The van der Waals surface area contributed by atoms with Crippen molar-refractivity contribution in [2.75, 3.05) is 17.7 Å². The van der Waals surface area contributed by atoms with Crippen molar-refractivity contribution in [3.05, 3.63) is 62.2 Å². The third kappa shape index (κ3) is 5.13. The minimum Gasteiger partial charge on any atom is -0.465 e. The second-order valence-electron chi connectivity index (χ2n) is 6.43. The van der Waals surface area contributed by atoms with Crippen molar-refractivity contribution in [2.24, 2.45) is 0 Å². The maximum absolute atomic E-state index is 12.2. The Kier molecular flexibility index (Phi) is 7.36. The number of esters is 1. The number of nitrogens with zero attached hydrogens (tertiary/aromatic N) is 2. The maximum Gasteiger partial charge on any atom is 0.341 e. The van der Waals surface area contributed by atoms with Gasteiger partial charge in [-0.2, -0.15) is 5.10 Å². The Morgan fingerprint density at radius 1 is 1.33 bits per heavy atom. The number of halogens is 2. The number of hydrogen-bond donors (Lipinski definition) is 2. The van der Waals surface area contributed by atoms with E-state index in [0.717, 1.165) is 22.4 Å². The first-order chi connectivity index (χ1) is 14.3. The summed E-state index contributed by atoms with van der Waals surface area (Å²) in [7, 11) is 1.37. The number of ether oxygens (including phenoxy) is 1. The van der Waals surface area contributed by atoms with E-state index in [-0.39, 0.29) is 5.97 Å². The summed E-state index contributed by atoms with van der Waals surface area (Å²) < 4.78 is 6.68. The van der Waals surface area contributed by atoms with Crippen LogP contribution in [0.25, 0.3) is 0 Å². The van der Waals surface area contributed by atoms with Crippen LogP contribution in [-0.4, -0.2) is 28.0 Å². The Balaban J connectivity index is 1.70. The molecule has 2 heterocycles. The lowest BCUT2D eigenvalue weighted by Crippen LogP contribution is -2.20. The number of aryl methyl sites for hydroxylation is 1. The first-order valence-corrected chi connectivity index (χ1v) is 11.0. The second kappa shape index (κ2) is 9.78. The fraction of sp³-hybridized carbons (Fsp3) is 0.250.